The number of ether oxygens (including phenoxy) is 1. The molecule has 0 saturated carbocycles. The zero-order valence-electron chi connectivity index (χ0n) is 13.8. The number of nitro groups is 1. The zero-order valence-corrected chi connectivity index (χ0v) is 14.6. The number of anilines is 1. The van der Waals surface area contributed by atoms with Crippen molar-refractivity contribution in [2.24, 2.45) is 10.2 Å². The van der Waals surface area contributed by atoms with E-state index in [4.69, 9.17) is 5.14 Å². The molecule has 0 aliphatic rings. The normalized spacial score (nSPS) is 12.1. The number of nitrogens with one attached hydrogen (secondary N) is 1. The Morgan fingerprint density at radius 3 is 2.59 bits per heavy atom. The molecule has 9 nitrogen and oxygen atoms in total. The molecule has 0 aliphatic carbocycles. The minimum atomic E-state index is -4.11. The number of halogens is 2. The molecule has 2 rings (SSSR count). The lowest BCUT2D eigenvalue weighted by atomic mass is 10.1. The van der Waals surface area contributed by atoms with Crippen LogP contribution in [0.5, 0.6) is 5.75 Å². The minimum absolute atomic E-state index is 0.0689. The second kappa shape index (κ2) is 8.05. The fourth-order valence-electron chi connectivity index (χ4n) is 2.04. The second-order valence-corrected chi connectivity index (χ2v) is 6.76. The van der Waals surface area contributed by atoms with E-state index in [1.54, 1.807) is 13.0 Å². The number of hydrazone groups is 1. The largest absolute Gasteiger partial charge is 0.435 e. The summed E-state index contributed by atoms with van der Waals surface area (Å²) in [5.74, 6) is -0.0689. The third-order valence-electron chi connectivity index (χ3n) is 3.32. The summed E-state index contributed by atoms with van der Waals surface area (Å²) in [6, 6.07) is 8.77. The minimum Gasteiger partial charge on any atom is -0.435 e. The summed E-state index contributed by atoms with van der Waals surface area (Å²) in [6.45, 7) is -1.44. The predicted molar refractivity (Wildman–Crippen MR) is 93.4 cm³/mol. The van der Waals surface area contributed by atoms with Crippen molar-refractivity contribution in [3.8, 4) is 5.75 Å². The molecule has 0 saturated heterocycles. The van der Waals surface area contributed by atoms with Gasteiger partial charge in [0.05, 0.1) is 15.5 Å². The summed E-state index contributed by atoms with van der Waals surface area (Å²) in [5.41, 5.74) is 2.58. The molecule has 12 heteroatoms. The summed E-state index contributed by atoms with van der Waals surface area (Å²) in [6.07, 6.45) is 0. The molecule has 27 heavy (non-hydrogen) atoms. The number of benzene rings is 2. The fraction of sp³-hybridized carbons (Fsp3) is 0.133. The average Bonchev–Trinajstić information content (AvgIpc) is 2.58. The molecule has 0 heterocycles. The molecule has 0 bridgehead atoms. The Labute approximate surface area is 152 Å². The van der Waals surface area contributed by atoms with Gasteiger partial charge in [0.25, 0.3) is 5.69 Å². The Morgan fingerprint density at radius 2 is 2.00 bits per heavy atom. The molecule has 0 amide bonds. The molecule has 3 N–H and O–H groups in total. The van der Waals surface area contributed by atoms with Gasteiger partial charge in [0.15, 0.2) is 0 Å². The van der Waals surface area contributed by atoms with E-state index < -0.39 is 32.1 Å². The number of nitrogens with zero attached hydrogens (tertiary/aromatic N) is 2. The van der Waals surface area contributed by atoms with Crippen LogP contribution in [0.15, 0.2) is 52.5 Å². The van der Waals surface area contributed by atoms with Crippen LogP contribution in [0.3, 0.4) is 0 Å². The number of nitro benzene ring substituents is 1. The van der Waals surface area contributed by atoms with Gasteiger partial charge in [0, 0.05) is 11.6 Å². The highest BCUT2D eigenvalue weighted by Crippen LogP contribution is 2.27. The van der Waals surface area contributed by atoms with Gasteiger partial charge >= 0.3 is 6.61 Å². The third kappa shape index (κ3) is 5.43. The zero-order chi connectivity index (χ0) is 20.2. The Morgan fingerprint density at radius 1 is 1.30 bits per heavy atom. The van der Waals surface area contributed by atoms with E-state index in [1.165, 1.54) is 18.2 Å². The first-order valence-electron chi connectivity index (χ1n) is 7.24. The van der Waals surface area contributed by atoms with Crippen LogP contribution in [0.2, 0.25) is 0 Å². The number of alkyl halides is 2. The van der Waals surface area contributed by atoms with Gasteiger partial charge in [0.1, 0.15) is 11.4 Å². The highest BCUT2D eigenvalue weighted by atomic mass is 32.2. The molecule has 0 aliphatic heterocycles. The number of primary sulfonamides is 1. The summed E-state index contributed by atoms with van der Waals surface area (Å²) in [7, 11) is -4.11. The van der Waals surface area contributed by atoms with E-state index in [9.17, 15) is 27.3 Å². The fourth-order valence-corrected chi connectivity index (χ4v) is 2.57. The maximum Gasteiger partial charge on any atom is 0.387 e. The van der Waals surface area contributed by atoms with Crippen LogP contribution in [0.4, 0.5) is 20.2 Å². The van der Waals surface area contributed by atoms with Gasteiger partial charge in [-0.1, -0.05) is 12.1 Å². The highest BCUT2D eigenvalue weighted by molar-refractivity contribution is 7.89. The first-order valence-corrected chi connectivity index (χ1v) is 8.79. The molecular formula is C15H14F2N4O5S. The van der Waals surface area contributed by atoms with Crippen LogP contribution >= 0.6 is 0 Å². The Balaban J connectivity index is 2.30. The summed E-state index contributed by atoms with van der Waals surface area (Å²) < 4.78 is 51.5. The van der Waals surface area contributed by atoms with Crippen molar-refractivity contribution >= 4 is 27.1 Å². The van der Waals surface area contributed by atoms with Gasteiger partial charge < -0.3 is 4.74 Å². The number of nitrogens with two attached hydrogens (primary N) is 1. The Hall–Kier alpha value is -3.12. The number of rotatable bonds is 7. The molecule has 2 aromatic rings. The summed E-state index contributed by atoms with van der Waals surface area (Å²) in [5, 5.41) is 20.1. The van der Waals surface area contributed by atoms with Crippen molar-refractivity contribution in [1.29, 1.82) is 0 Å². The van der Waals surface area contributed by atoms with Gasteiger partial charge in [-0.15, -0.1) is 0 Å². The van der Waals surface area contributed by atoms with Crippen molar-refractivity contribution in [3.63, 3.8) is 0 Å². The second-order valence-electron chi connectivity index (χ2n) is 5.20. The van der Waals surface area contributed by atoms with Gasteiger partial charge in [-0.25, -0.2) is 13.6 Å². The molecule has 0 spiro atoms. The smallest absolute Gasteiger partial charge is 0.387 e. The molecule has 0 aromatic heterocycles. The van der Waals surface area contributed by atoms with Crippen LogP contribution in [0, 0.1) is 10.1 Å². The van der Waals surface area contributed by atoms with Gasteiger partial charge in [-0.2, -0.15) is 13.9 Å². The van der Waals surface area contributed by atoms with Gasteiger partial charge in [-0.05, 0) is 31.2 Å². The van der Waals surface area contributed by atoms with Crippen molar-refractivity contribution < 1.29 is 26.9 Å². The van der Waals surface area contributed by atoms with Crippen LogP contribution in [-0.2, 0) is 10.0 Å². The highest BCUT2D eigenvalue weighted by Gasteiger charge is 2.19. The lowest BCUT2D eigenvalue weighted by Gasteiger charge is -2.08. The quantitative estimate of drug-likeness (QED) is 0.416. The number of hydrogen-bond acceptors (Lipinski definition) is 7. The maximum absolute atomic E-state index is 12.3. The molecule has 0 radical (unpaired) electrons. The number of sulfonamides is 1. The molecule has 0 fully saturated rings. The Bertz CT molecular complexity index is 995. The number of hydrogen-bond donors (Lipinski definition) is 2. The molecular weight excluding hydrogens is 386 g/mol. The summed E-state index contributed by atoms with van der Waals surface area (Å²) in [4.78, 5) is 9.94. The Kier molecular flexibility index (Phi) is 6.02. The first kappa shape index (κ1) is 20.2. The van der Waals surface area contributed by atoms with Crippen molar-refractivity contribution in [3.05, 3.63) is 58.1 Å². The van der Waals surface area contributed by atoms with E-state index in [1.807, 2.05) is 0 Å². The van der Waals surface area contributed by atoms with E-state index >= 15 is 0 Å². The average molecular weight is 400 g/mol. The molecule has 0 atom stereocenters. The predicted octanol–water partition coefficient (Wildman–Crippen LogP) is 2.68. The van der Waals surface area contributed by atoms with Gasteiger partial charge in [-0.3, -0.25) is 15.5 Å². The maximum atomic E-state index is 12.3. The first-order chi connectivity index (χ1) is 12.6. The molecule has 144 valence electrons. The third-order valence-corrected chi connectivity index (χ3v) is 4.23. The van der Waals surface area contributed by atoms with E-state index in [-0.39, 0.29) is 11.4 Å². The van der Waals surface area contributed by atoms with E-state index in [2.05, 4.69) is 15.3 Å². The van der Waals surface area contributed by atoms with Crippen molar-refractivity contribution in [1.82, 2.24) is 0 Å². The van der Waals surface area contributed by atoms with Crippen LogP contribution < -0.4 is 15.3 Å². The summed E-state index contributed by atoms with van der Waals surface area (Å²) >= 11 is 0. The molecule has 2 aromatic carbocycles. The van der Waals surface area contributed by atoms with Crippen LogP contribution in [-0.4, -0.2) is 25.7 Å². The van der Waals surface area contributed by atoms with E-state index in [0.29, 0.717) is 11.3 Å². The van der Waals surface area contributed by atoms with Crippen LogP contribution in [0.1, 0.15) is 12.5 Å². The van der Waals surface area contributed by atoms with E-state index in [0.717, 1.165) is 18.2 Å². The van der Waals surface area contributed by atoms with Crippen molar-refractivity contribution in [2.75, 3.05) is 5.43 Å². The lowest BCUT2D eigenvalue weighted by molar-refractivity contribution is -0.384. The standard InChI is InChI=1S/C15H14F2N4O5S/c1-9(10-3-2-4-11(7-10)26-15(16)17)19-20-13-6-5-12(27(18,24)25)8-14(13)21(22)23/h2-8,15,20H,1H3,(H2,18,24,25)/b19-9-. The topological polar surface area (TPSA) is 137 Å². The van der Waals surface area contributed by atoms with Gasteiger partial charge in [0.2, 0.25) is 10.0 Å². The molecule has 0 unspecified atom stereocenters. The lowest BCUT2D eigenvalue weighted by Crippen LogP contribution is -2.12. The van der Waals surface area contributed by atoms with Crippen molar-refractivity contribution in [2.45, 2.75) is 18.4 Å². The monoisotopic (exact) mass is 400 g/mol. The SMILES string of the molecule is C/C(=N/Nc1ccc(S(N)(=O)=O)cc1[N+](=O)[O-])c1cccc(OC(F)F)c1. The van der Waals surface area contributed by atoms with Crippen LogP contribution in [0.25, 0.3) is 0 Å².